The van der Waals surface area contributed by atoms with E-state index in [1.54, 1.807) is 6.20 Å². The lowest BCUT2D eigenvalue weighted by atomic mass is 9.77. The van der Waals surface area contributed by atoms with Gasteiger partial charge in [0.2, 0.25) is 0 Å². The Morgan fingerprint density at radius 3 is 2.27 bits per heavy atom. The van der Waals surface area contributed by atoms with E-state index in [2.05, 4.69) is 4.98 Å². The van der Waals surface area contributed by atoms with E-state index in [4.69, 9.17) is 9.31 Å². The molecule has 22 heavy (non-hydrogen) atoms. The van der Waals surface area contributed by atoms with Crippen LogP contribution in [0.2, 0.25) is 0 Å². The molecule has 1 aromatic rings. The molecule has 1 N–H and O–H groups in total. The topological polar surface area (TPSA) is 51.3 Å². The van der Waals surface area contributed by atoms with Crippen LogP contribution in [0.4, 0.5) is 0 Å². The van der Waals surface area contributed by atoms with Gasteiger partial charge in [-0.15, -0.1) is 0 Å². The van der Waals surface area contributed by atoms with Crippen LogP contribution in [-0.4, -0.2) is 23.3 Å². The Bertz CT molecular complexity index is 586. The van der Waals surface area contributed by atoms with Crippen LogP contribution >= 0.6 is 0 Å². The van der Waals surface area contributed by atoms with Crippen LogP contribution in [0.15, 0.2) is 17.1 Å². The molecule has 4 nitrogen and oxygen atoms in total. The van der Waals surface area contributed by atoms with Crippen LogP contribution in [0.1, 0.15) is 71.3 Å². The number of nitrogens with one attached hydrogen (secondary N) is 1. The smallest absolute Gasteiger partial charge is 0.399 e. The zero-order chi connectivity index (χ0) is 16.0. The summed E-state index contributed by atoms with van der Waals surface area (Å²) in [5.74, 6) is 0.375. The van der Waals surface area contributed by atoms with E-state index in [-0.39, 0.29) is 16.8 Å². The molecule has 0 radical (unpaired) electrons. The molecule has 3 rings (SSSR count). The first kappa shape index (κ1) is 15.8. The summed E-state index contributed by atoms with van der Waals surface area (Å²) in [5, 5.41) is 0. The van der Waals surface area contributed by atoms with Gasteiger partial charge in [-0.05, 0) is 51.9 Å². The fourth-order valence-corrected chi connectivity index (χ4v) is 3.35. The van der Waals surface area contributed by atoms with Gasteiger partial charge >= 0.3 is 7.12 Å². The lowest BCUT2D eigenvalue weighted by molar-refractivity contribution is 0.00578. The Balaban J connectivity index is 1.88. The summed E-state index contributed by atoms with van der Waals surface area (Å²) in [7, 11) is -0.413. The van der Waals surface area contributed by atoms with Crippen LogP contribution in [0.25, 0.3) is 0 Å². The quantitative estimate of drug-likeness (QED) is 0.855. The van der Waals surface area contributed by atoms with Gasteiger partial charge in [-0.1, -0.05) is 25.3 Å². The summed E-state index contributed by atoms with van der Waals surface area (Å²) in [6.45, 7) is 8.17. The van der Waals surface area contributed by atoms with Gasteiger partial charge in [0, 0.05) is 11.8 Å². The molecule has 1 saturated heterocycles. The van der Waals surface area contributed by atoms with Crippen molar-refractivity contribution in [1.82, 2.24) is 4.98 Å². The van der Waals surface area contributed by atoms with E-state index in [0.717, 1.165) is 23.9 Å². The van der Waals surface area contributed by atoms with Crippen molar-refractivity contribution in [3.05, 3.63) is 28.2 Å². The minimum Gasteiger partial charge on any atom is -0.399 e. The fourth-order valence-electron chi connectivity index (χ4n) is 3.35. The number of aromatic nitrogens is 1. The monoisotopic (exact) mass is 303 g/mol. The predicted octanol–water partition coefficient (Wildman–Crippen LogP) is 2.72. The Morgan fingerprint density at radius 2 is 1.68 bits per heavy atom. The van der Waals surface area contributed by atoms with Gasteiger partial charge in [0.25, 0.3) is 5.56 Å². The van der Waals surface area contributed by atoms with Crippen LogP contribution in [-0.2, 0) is 9.31 Å². The largest absolute Gasteiger partial charge is 0.496 e. The number of rotatable bonds is 2. The number of hydrogen-bond acceptors (Lipinski definition) is 3. The third-order valence-corrected chi connectivity index (χ3v) is 5.52. The summed E-state index contributed by atoms with van der Waals surface area (Å²) in [6.07, 6.45) is 7.66. The molecule has 1 saturated carbocycles. The van der Waals surface area contributed by atoms with Crippen LogP contribution in [0, 0.1) is 0 Å². The molecule has 2 fully saturated rings. The molecule has 1 aliphatic heterocycles. The van der Waals surface area contributed by atoms with Crippen LogP contribution in [0.3, 0.4) is 0 Å². The highest BCUT2D eigenvalue weighted by atomic mass is 16.7. The molecule has 0 amide bonds. The summed E-state index contributed by atoms with van der Waals surface area (Å²) in [4.78, 5) is 15.1. The van der Waals surface area contributed by atoms with Gasteiger partial charge in [0.05, 0.1) is 11.2 Å². The van der Waals surface area contributed by atoms with E-state index < -0.39 is 7.12 Å². The van der Waals surface area contributed by atoms with Crippen molar-refractivity contribution < 1.29 is 9.31 Å². The van der Waals surface area contributed by atoms with Crippen molar-refractivity contribution in [3.63, 3.8) is 0 Å². The van der Waals surface area contributed by atoms with E-state index >= 15 is 0 Å². The fraction of sp³-hybridized carbons (Fsp3) is 0.706. The van der Waals surface area contributed by atoms with Gasteiger partial charge in [-0.25, -0.2) is 0 Å². The van der Waals surface area contributed by atoms with Crippen molar-refractivity contribution in [2.24, 2.45) is 0 Å². The van der Waals surface area contributed by atoms with E-state index in [0.29, 0.717) is 5.92 Å². The molecule has 0 bridgehead atoms. The lowest BCUT2D eigenvalue weighted by Gasteiger charge is -2.32. The highest BCUT2D eigenvalue weighted by molar-refractivity contribution is 6.62. The summed E-state index contributed by atoms with van der Waals surface area (Å²) < 4.78 is 12.2. The highest BCUT2D eigenvalue weighted by Crippen LogP contribution is 2.36. The molecule has 0 unspecified atom stereocenters. The first-order chi connectivity index (χ1) is 10.3. The molecular weight excluding hydrogens is 277 g/mol. The van der Waals surface area contributed by atoms with Gasteiger partial charge < -0.3 is 14.3 Å². The Labute approximate surface area is 132 Å². The van der Waals surface area contributed by atoms with Crippen molar-refractivity contribution in [2.45, 2.75) is 76.9 Å². The third-order valence-electron chi connectivity index (χ3n) is 5.52. The first-order valence-electron chi connectivity index (χ1n) is 8.38. The molecule has 0 atom stereocenters. The summed E-state index contributed by atoms with van der Waals surface area (Å²) >= 11 is 0. The van der Waals surface area contributed by atoms with Crippen molar-refractivity contribution in [2.75, 3.05) is 0 Å². The summed E-state index contributed by atoms with van der Waals surface area (Å²) in [5.41, 5.74) is 1.12. The average molecular weight is 303 g/mol. The van der Waals surface area contributed by atoms with Gasteiger partial charge in [-0.2, -0.15) is 0 Å². The SMILES string of the molecule is CC1(C)OB(c2c[nH]c(=O)c(C3CCCCC3)c2)OC1(C)C. The molecule has 1 aliphatic carbocycles. The molecule has 1 aromatic heterocycles. The molecule has 2 heterocycles. The van der Waals surface area contributed by atoms with E-state index in [1.165, 1.54) is 19.3 Å². The van der Waals surface area contributed by atoms with Gasteiger partial charge in [0.15, 0.2) is 0 Å². The average Bonchev–Trinajstić information content (AvgIpc) is 2.69. The normalized spacial score (nSPS) is 24.6. The molecule has 2 aliphatic rings. The predicted molar refractivity (Wildman–Crippen MR) is 88.6 cm³/mol. The number of hydrogen-bond donors (Lipinski definition) is 1. The zero-order valence-electron chi connectivity index (χ0n) is 14.1. The van der Waals surface area contributed by atoms with E-state index in [9.17, 15) is 4.79 Å². The highest BCUT2D eigenvalue weighted by Gasteiger charge is 2.51. The number of aromatic amines is 1. The maximum absolute atomic E-state index is 12.2. The molecule has 0 spiro atoms. The third kappa shape index (κ3) is 2.76. The Hall–Kier alpha value is -1.07. The van der Waals surface area contributed by atoms with E-state index in [1.807, 2.05) is 33.8 Å². The molecule has 0 aromatic carbocycles. The Morgan fingerprint density at radius 1 is 1.09 bits per heavy atom. The van der Waals surface area contributed by atoms with Crippen LogP contribution < -0.4 is 11.0 Å². The maximum atomic E-state index is 12.2. The Kier molecular flexibility index (Phi) is 3.98. The second-order valence-electron chi connectivity index (χ2n) is 7.64. The molecule has 120 valence electrons. The minimum absolute atomic E-state index is 0.0344. The zero-order valence-corrected chi connectivity index (χ0v) is 14.1. The number of pyridine rings is 1. The second-order valence-corrected chi connectivity index (χ2v) is 7.64. The van der Waals surface area contributed by atoms with Crippen molar-refractivity contribution in [3.8, 4) is 0 Å². The second kappa shape index (κ2) is 5.53. The van der Waals surface area contributed by atoms with Gasteiger partial charge in [0.1, 0.15) is 0 Å². The standard InChI is InChI=1S/C17H26BNO3/c1-16(2)17(3,4)22-18(21-16)13-10-14(15(20)19-11-13)12-8-6-5-7-9-12/h10-12H,5-9H2,1-4H3,(H,19,20). The molecule has 5 heteroatoms. The summed E-state index contributed by atoms with van der Waals surface area (Å²) in [6, 6.07) is 2.00. The molecular formula is C17H26BNO3. The van der Waals surface area contributed by atoms with Crippen molar-refractivity contribution >= 4 is 12.6 Å². The lowest BCUT2D eigenvalue weighted by Crippen LogP contribution is -2.41. The minimum atomic E-state index is -0.413. The van der Waals surface area contributed by atoms with Crippen LogP contribution in [0.5, 0.6) is 0 Å². The van der Waals surface area contributed by atoms with Crippen molar-refractivity contribution in [1.29, 1.82) is 0 Å². The first-order valence-corrected chi connectivity index (χ1v) is 8.38. The van der Waals surface area contributed by atoms with Gasteiger partial charge in [-0.3, -0.25) is 4.79 Å². The number of H-pyrrole nitrogens is 1. The maximum Gasteiger partial charge on any atom is 0.496 e.